The first kappa shape index (κ1) is 18.1. The average Bonchev–Trinajstić information content (AvgIpc) is 2.49. The topological polar surface area (TPSA) is 126 Å². The summed E-state index contributed by atoms with van der Waals surface area (Å²) in [4.78, 5) is 0. The average molecular weight is 339 g/mol. The van der Waals surface area contributed by atoms with E-state index >= 15 is 0 Å². The monoisotopic (exact) mass is 338 g/mol. The fourth-order valence-corrected chi connectivity index (χ4v) is 1.78. The van der Waals surface area contributed by atoms with E-state index in [0.29, 0.717) is 10.7 Å². The van der Waals surface area contributed by atoms with Gasteiger partial charge in [-0.2, -0.15) is 5.10 Å². The number of aliphatic hydroxyl groups is 5. The molecule has 0 aliphatic rings. The Labute approximate surface area is 131 Å². The summed E-state index contributed by atoms with van der Waals surface area (Å²) >= 11 is 11.7. The van der Waals surface area contributed by atoms with E-state index in [4.69, 9.17) is 33.4 Å². The molecule has 1 aromatic carbocycles. The minimum absolute atomic E-state index is 0.200. The Morgan fingerprint density at radius 1 is 1.19 bits per heavy atom. The maximum absolute atomic E-state index is 9.77. The lowest BCUT2D eigenvalue weighted by Crippen LogP contribution is -2.45. The molecule has 0 saturated carbocycles. The van der Waals surface area contributed by atoms with Crippen molar-refractivity contribution in [2.24, 2.45) is 5.10 Å². The summed E-state index contributed by atoms with van der Waals surface area (Å²) in [5.41, 5.74) is 2.58. The van der Waals surface area contributed by atoms with Gasteiger partial charge in [0, 0.05) is 0 Å². The summed E-state index contributed by atoms with van der Waals surface area (Å²) in [6, 6.07) is 4.76. The molecule has 0 radical (unpaired) electrons. The second-order valence-electron chi connectivity index (χ2n) is 4.16. The van der Waals surface area contributed by atoms with Crippen LogP contribution in [-0.2, 0) is 0 Å². The fourth-order valence-electron chi connectivity index (χ4n) is 1.43. The lowest BCUT2D eigenvalue weighted by Gasteiger charge is -2.22. The predicted octanol–water partition coefficient (Wildman–Crippen LogP) is -0.171. The SMILES string of the molecule is OC/C(=N\Nc1cccc(Cl)c1Cl)[C@@H](O)[C@H](O)[C@H](O)CO. The molecule has 0 unspecified atom stereocenters. The zero-order valence-corrected chi connectivity index (χ0v) is 12.3. The Bertz CT molecular complexity index is 501. The molecule has 7 nitrogen and oxygen atoms in total. The minimum Gasteiger partial charge on any atom is -0.394 e. The van der Waals surface area contributed by atoms with Gasteiger partial charge in [0.25, 0.3) is 0 Å². The van der Waals surface area contributed by atoms with Gasteiger partial charge in [-0.25, -0.2) is 0 Å². The standard InChI is InChI=1S/C12H16Cl2N2O5/c13-6-2-1-3-7(10(6)14)15-16-8(4-17)11(20)12(21)9(19)5-18/h1-3,9,11-12,15,17-21H,4-5H2/b16-8+/t9-,11-,12-/m1/s1. The molecule has 6 N–H and O–H groups in total. The van der Waals surface area contributed by atoms with Crippen LogP contribution in [-0.4, -0.2) is 62.8 Å². The third kappa shape index (κ3) is 4.79. The Balaban J connectivity index is 2.87. The van der Waals surface area contributed by atoms with Gasteiger partial charge in [-0.1, -0.05) is 29.3 Å². The maximum Gasteiger partial charge on any atom is 0.125 e. The van der Waals surface area contributed by atoms with Crippen LogP contribution in [0.3, 0.4) is 0 Å². The molecule has 0 aromatic heterocycles. The number of rotatable bonds is 7. The number of hydrogen-bond donors (Lipinski definition) is 6. The largest absolute Gasteiger partial charge is 0.394 e. The smallest absolute Gasteiger partial charge is 0.125 e. The highest BCUT2D eigenvalue weighted by atomic mass is 35.5. The Kier molecular flexibility index (Phi) is 7.33. The third-order valence-electron chi connectivity index (χ3n) is 2.68. The molecule has 0 aliphatic carbocycles. The highest BCUT2D eigenvalue weighted by Crippen LogP contribution is 2.29. The number of nitrogens with one attached hydrogen (secondary N) is 1. The number of nitrogens with zero attached hydrogens (tertiary/aromatic N) is 1. The number of halogens is 2. The molecular formula is C12H16Cl2N2O5. The van der Waals surface area contributed by atoms with Gasteiger partial charge in [0.05, 0.1) is 34.7 Å². The van der Waals surface area contributed by atoms with Crippen molar-refractivity contribution < 1.29 is 25.5 Å². The number of hydrazone groups is 1. The number of anilines is 1. The first-order valence-electron chi connectivity index (χ1n) is 5.94. The van der Waals surface area contributed by atoms with E-state index in [-0.39, 0.29) is 10.7 Å². The van der Waals surface area contributed by atoms with E-state index in [1.807, 2.05) is 0 Å². The van der Waals surface area contributed by atoms with Gasteiger partial charge in [0.2, 0.25) is 0 Å². The molecule has 3 atom stereocenters. The molecule has 9 heteroatoms. The van der Waals surface area contributed by atoms with Crippen LogP contribution in [0.15, 0.2) is 23.3 Å². The molecule has 1 rings (SSSR count). The van der Waals surface area contributed by atoms with Crippen molar-refractivity contribution in [3.63, 3.8) is 0 Å². The molecule has 1 aromatic rings. The minimum atomic E-state index is -1.70. The quantitative estimate of drug-likeness (QED) is 0.303. The Morgan fingerprint density at radius 3 is 2.43 bits per heavy atom. The number of benzene rings is 1. The summed E-state index contributed by atoms with van der Waals surface area (Å²) in [6.07, 6.45) is -4.92. The van der Waals surface area contributed by atoms with Crippen molar-refractivity contribution in [3.8, 4) is 0 Å². The summed E-state index contributed by atoms with van der Waals surface area (Å²) < 4.78 is 0. The van der Waals surface area contributed by atoms with E-state index in [0.717, 1.165) is 0 Å². The zero-order chi connectivity index (χ0) is 16.0. The highest BCUT2D eigenvalue weighted by molar-refractivity contribution is 6.43. The van der Waals surface area contributed by atoms with Gasteiger partial charge in [0.1, 0.15) is 18.3 Å². The molecule has 0 bridgehead atoms. The molecule has 0 amide bonds. The zero-order valence-electron chi connectivity index (χ0n) is 10.8. The van der Waals surface area contributed by atoms with Crippen LogP contribution in [0.4, 0.5) is 5.69 Å². The van der Waals surface area contributed by atoms with Gasteiger partial charge in [0.15, 0.2) is 0 Å². The van der Waals surface area contributed by atoms with Gasteiger partial charge in [-0.05, 0) is 12.1 Å². The first-order valence-corrected chi connectivity index (χ1v) is 6.70. The van der Waals surface area contributed by atoms with Crippen molar-refractivity contribution in [2.75, 3.05) is 18.6 Å². The highest BCUT2D eigenvalue weighted by Gasteiger charge is 2.28. The first-order chi connectivity index (χ1) is 9.92. The van der Waals surface area contributed by atoms with Crippen LogP contribution in [0.2, 0.25) is 10.0 Å². The molecule has 0 fully saturated rings. The number of hydrogen-bond acceptors (Lipinski definition) is 7. The predicted molar refractivity (Wildman–Crippen MR) is 79.7 cm³/mol. The van der Waals surface area contributed by atoms with E-state index in [2.05, 4.69) is 10.5 Å². The maximum atomic E-state index is 9.77. The third-order valence-corrected chi connectivity index (χ3v) is 3.50. The van der Waals surface area contributed by atoms with E-state index < -0.39 is 31.5 Å². The Morgan fingerprint density at radius 2 is 1.86 bits per heavy atom. The second-order valence-corrected chi connectivity index (χ2v) is 4.94. The van der Waals surface area contributed by atoms with Gasteiger partial charge in [-0.3, -0.25) is 5.43 Å². The normalized spacial score (nSPS) is 16.4. The lowest BCUT2D eigenvalue weighted by atomic mass is 10.0. The summed E-state index contributed by atoms with van der Waals surface area (Å²) in [5.74, 6) is 0. The Hall–Kier alpha value is -0.930. The van der Waals surface area contributed by atoms with Gasteiger partial charge < -0.3 is 25.5 Å². The number of aliphatic hydroxyl groups excluding tert-OH is 5. The molecular weight excluding hydrogens is 323 g/mol. The van der Waals surface area contributed by atoms with Crippen molar-refractivity contribution in [3.05, 3.63) is 28.2 Å². The molecule has 0 aliphatic heterocycles. The van der Waals surface area contributed by atoms with Crippen LogP contribution in [0.1, 0.15) is 0 Å². The molecule has 118 valence electrons. The van der Waals surface area contributed by atoms with Crippen molar-refractivity contribution >= 4 is 34.6 Å². The summed E-state index contributed by atoms with van der Waals surface area (Å²) in [6.45, 7) is -1.42. The molecule has 21 heavy (non-hydrogen) atoms. The summed E-state index contributed by atoms with van der Waals surface area (Å²) in [5, 5.41) is 50.7. The molecule has 0 spiro atoms. The lowest BCUT2D eigenvalue weighted by molar-refractivity contribution is -0.0564. The van der Waals surface area contributed by atoms with Gasteiger partial charge in [-0.15, -0.1) is 0 Å². The van der Waals surface area contributed by atoms with Gasteiger partial charge >= 0.3 is 0 Å². The van der Waals surface area contributed by atoms with Crippen LogP contribution in [0, 0.1) is 0 Å². The van der Waals surface area contributed by atoms with Crippen LogP contribution >= 0.6 is 23.2 Å². The van der Waals surface area contributed by atoms with Crippen molar-refractivity contribution in [1.82, 2.24) is 0 Å². The second kappa shape index (κ2) is 8.50. The van der Waals surface area contributed by atoms with Crippen LogP contribution in [0.25, 0.3) is 0 Å². The molecule has 0 saturated heterocycles. The van der Waals surface area contributed by atoms with E-state index in [1.165, 1.54) is 0 Å². The van der Waals surface area contributed by atoms with E-state index in [9.17, 15) is 15.3 Å². The van der Waals surface area contributed by atoms with Crippen molar-refractivity contribution in [1.29, 1.82) is 0 Å². The van der Waals surface area contributed by atoms with E-state index in [1.54, 1.807) is 18.2 Å². The van der Waals surface area contributed by atoms with Crippen LogP contribution < -0.4 is 5.43 Å². The fraction of sp³-hybridized carbons (Fsp3) is 0.417. The van der Waals surface area contributed by atoms with Crippen molar-refractivity contribution in [2.45, 2.75) is 18.3 Å². The summed E-state index contributed by atoms with van der Waals surface area (Å²) in [7, 11) is 0. The van der Waals surface area contributed by atoms with Crippen LogP contribution in [0.5, 0.6) is 0 Å². The molecule has 0 heterocycles.